The Hall–Kier alpha value is -4.08. The minimum atomic E-state index is -0.491. The van der Waals surface area contributed by atoms with Gasteiger partial charge in [0, 0.05) is 37.0 Å². The van der Waals surface area contributed by atoms with Crippen LogP contribution in [0.4, 0.5) is 11.5 Å². The first-order valence-corrected chi connectivity index (χ1v) is 8.25. The summed E-state index contributed by atoms with van der Waals surface area (Å²) in [6.45, 7) is 1.71. The van der Waals surface area contributed by atoms with E-state index in [4.69, 9.17) is 4.52 Å². The molecule has 10 heteroatoms. The van der Waals surface area contributed by atoms with Crippen molar-refractivity contribution in [2.45, 2.75) is 6.92 Å². The van der Waals surface area contributed by atoms with Gasteiger partial charge in [-0.25, -0.2) is 4.98 Å². The maximum absolute atomic E-state index is 12.9. The molecular formula is C18H14N6O4. The number of aromatic nitrogens is 4. The number of aryl methyl sites for hydroxylation is 2. The number of benzene rings is 1. The van der Waals surface area contributed by atoms with E-state index in [9.17, 15) is 14.9 Å². The highest BCUT2D eigenvalue weighted by Gasteiger charge is 2.20. The van der Waals surface area contributed by atoms with Crippen molar-refractivity contribution >= 4 is 28.5 Å². The standard InChI is InChI=1S/C18H14N6O4/c1-10-16-13(17(25)20-15-6-7-23(2)21-15)9-14(19-18(16)28-22-10)11-4-3-5-12(8-11)24(26)27/h3-9H,1-2H3,(H,20,21,25). The number of nitro benzene ring substituents is 1. The number of nitro groups is 1. The van der Waals surface area contributed by atoms with Gasteiger partial charge in [0.2, 0.25) is 0 Å². The van der Waals surface area contributed by atoms with Gasteiger partial charge in [0.15, 0.2) is 5.82 Å². The lowest BCUT2D eigenvalue weighted by atomic mass is 10.0. The smallest absolute Gasteiger partial charge is 0.270 e. The maximum Gasteiger partial charge on any atom is 0.270 e. The fourth-order valence-electron chi connectivity index (χ4n) is 2.87. The van der Waals surface area contributed by atoms with Crippen LogP contribution in [0, 0.1) is 17.0 Å². The second kappa shape index (κ2) is 6.58. The number of fused-ring (bicyclic) bond motifs is 1. The fourth-order valence-corrected chi connectivity index (χ4v) is 2.87. The Kier molecular flexibility index (Phi) is 4.07. The summed E-state index contributed by atoms with van der Waals surface area (Å²) >= 11 is 0. The highest BCUT2D eigenvalue weighted by Crippen LogP contribution is 2.29. The zero-order valence-electron chi connectivity index (χ0n) is 14.9. The predicted molar refractivity (Wildman–Crippen MR) is 99.8 cm³/mol. The number of pyridine rings is 1. The first kappa shape index (κ1) is 17.3. The van der Waals surface area contributed by atoms with E-state index in [1.807, 2.05) is 0 Å². The van der Waals surface area contributed by atoms with Crippen LogP contribution < -0.4 is 5.32 Å². The lowest BCUT2D eigenvalue weighted by Crippen LogP contribution is -2.13. The molecule has 0 bridgehead atoms. The minimum absolute atomic E-state index is 0.0763. The Morgan fingerprint density at radius 1 is 1.29 bits per heavy atom. The minimum Gasteiger partial charge on any atom is -0.335 e. The molecule has 0 radical (unpaired) electrons. The first-order chi connectivity index (χ1) is 13.4. The van der Waals surface area contributed by atoms with Crippen LogP contribution in [0.15, 0.2) is 47.1 Å². The van der Waals surface area contributed by atoms with Crippen LogP contribution >= 0.6 is 0 Å². The van der Waals surface area contributed by atoms with Crippen molar-refractivity contribution in [3.63, 3.8) is 0 Å². The summed E-state index contributed by atoms with van der Waals surface area (Å²) in [5.41, 5.74) is 1.74. The lowest BCUT2D eigenvalue weighted by molar-refractivity contribution is -0.384. The number of hydrogen-bond donors (Lipinski definition) is 1. The number of nitrogens with one attached hydrogen (secondary N) is 1. The van der Waals surface area contributed by atoms with Gasteiger partial charge >= 0.3 is 0 Å². The van der Waals surface area contributed by atoms with Crippen LogP contribution in [0.3, 0.4) is 0 Å². The van der Waals surface area contributed by atoms with E-state index in [1.165, 1.54) is 12.1 Å². The van der Waals surface area contributed by atoms with Gasteiger partial charge in [-0.15, -0.1) is 0 Å². The average Bonchev–Trinajstić information content (AvgIpc) is 3.26. The Morgan fingerprint density at radius 3 is 2.82 bits per heavy atom. The van der Waals surface area contributed by atoms with E-state index in [2.05, 4.69) is 20.6 Å². The van der Waals surface area contributed by atoms with Crippen molar-refractivity contribution < 1.29 is 14.2 Å². The van der Waals surface area contributed by atoms with Gasteiger partial charge < -0.3 is 9.84 Å². The molecule has 0 spiro atoms. The van der Waals surface area contributed by atoms with Gasteiger partial charge in [0.25, 0.3) is 17.3 Å². The van der Waals surface area contributed by atoms with Crippen molar-refractivity contribution in [3.05, 3.63) is 64.0 Å². The van der Waals surface area contributed by atoms with Crippen LogP contribution in [-0.4, -0.2) is 30.8 Å². The highest BCUT2D eigenvalue weighted by molar-refractivity contribution is 6.12. The van der Waals surface area contributed by atoms with E-state index in [-0.39, 0.29) is 17.0 Å². The van der Waals surface area contributed by atoms with Crippen molar-refractivity contribution in [2.75, 3.05) is 5.32 Å². The van der Waals surface area contributed by atoms with Crippen LogP contribution in [-0.2, 0) is 7.05 Å². The molecule has 1 amide bonds. The first-order valence-electron chi connectivity index (χ1n) is 8.25. The molecule has 0 unspecified atom stereocenters. The molecule has 0 aliphatic rings. The highest BCUT2D eigenvalue weighted by atomic mass is 16.6. The third-order valence-corrected chi connectivity index (χ3v) is 4.17. The molecule has 1 N–H and O–H groups in total. The van der Waals surface area contributed by atoms with Gasteiger partial charge in [0.05, 0.1) is 27.3 Å². The molecule has 0 fully saturated rings. The summed E-state index contributed by atoms with van der Waals surface area (Å²) in [5.74, 6) is -0.0208. The molecule has 28 heavy (non-hydrogen) atoms. The van der Waals surface area contributed by atoms with Gasteiger partial charge in [-0.3, -0.25) is 19.6 Å². The summed E-state index contributed by atoms with van der Waals surface area (Å²) in [5, 5.41) is 22.3. The Labute approximate surface area is 157 Å². The molecule has 0 aliphatic carbocycles. The topological polar surface area (TPSA) is 129 Å². The van der Waals surface area contributed by atoms with E-state index >= 15 is 0 Å². The molecule has 4 rings (SSSR count). The summed E-state index contributed by atoms with van der Waals surface area (Å²) in [6.07, 6.45) is 1.71. The number of amides is 1. The quantitative estimate of drug-likeness (QED) is 0.427. The van der Waals surface area contributed by atoms with E-state index in [1.54, 1.807) is 49.1 Å². The lowest BCUT2D eigenvalue weighted by Gasteiger charge is -2.07. The van der Waals surface area contributed by atoms with Crippen LogP contribution in [0.2, 0.25) is 0 Å². The van der Waals surface area contributed by atoms with Crippen molar-refractivity contribution in [1.29, 1.82) is 0 Å². The number of carbonyl (C=O) groups excluding carboxylic acids is 1. The molecule has 10 nitrogen and oxygen atoms in total. The Bertz CT molecular complexity index is 1230. The third kappa shape index (κ3) is 3.07. The summed E-state index contributed by atoms with van der Waals surface area (Å²) in [6, 6.07) is 9.22. The van der Waals surface area contributed by atoms with Crippen LogP contribution in [0.1, 0.15) is 16.1 Å². The zero-order chi connectivity index (χ0) is 19.8. The van der Waals surface area contributed by atoms with E-state index in [0.717, 1.165) is 0 Å². The van der Waals surface area contributed by atoms with Gasteiger partial charge in [-0.1, -0.05) is 17.3 Å². The van der Waals surface area contributed by atoms with Crippen molar-refractivity contribution in [2.24, 2.45) is 7.05 Å². The second-order valence-corrected chi connectivity index (χ2v) is 6.14. The SMILES string of the molecule is Cc1noc2nc(-c3cccc([N+](=O)[O-])c3)cc(C(=O)Nc3ccn(C)n3)c12. The molecule has 140 valence electrons. The molecule has 3 heterocycles. The van der Waals surface area contributed by atoms with Gasteiger partial charge in [-0.2, -0.15) is 5.10 Å². The predicted octanol–water partition coefficient (Wildman–Crippen LogP) is 3.09. The maximum atomic E-state index is 12.9. The molecule has 0 atom stereocenters. The zero-order valence-corrected chi connectivity index (χ0v) is 14.9. The van der Waals surface area contributed by atoms with Gasteiger partial charge in [-0.05, 0) is 13.0 Å². The average molecular weight is 378 g/mol. The molecule has 4 aromatic rings. The Balaban J connectivity index is 1.83. The fraction of sp³-hybridized carbons (Fsp3) is 0.111. The molecule has 0 saturated carbocycles. The normalized spacial score (nSPS) is 10.9. The largest absolute Gasteiger partial charge is 0.335 e. The van der Waals surface area contributed by atoms with E-state index in [0.29, 0.717) is 28.2 Å². The molecule has 3 aromatic heterocycles. The molecule has 0 aliphatic heterocycles. The molecule has 0 saturated heterocycles. The number of rotatable bonds is 4. The molecule has 1 aromatic carbocycles. The summed E-state index contributed by atoms with van der Waals surface area (Å²) < 4.78 is 6.81. The Morgan fingerprint density at radius 2 is 2.11 bits per heavy atom. The van der Waals surface area contributed by atoms with Crippen molar-refractivity contribution in [3.8, 4) is 11.3 Å². The van der Waals surface area contributed by atoms with Crippen molar-refractivity contribution in [1.82, 2.24) is 19.9 Å². The van der Waals surface area contributed by atoms with Crippen LogP contribution in [0.25, 0.3) is 22.4 Å². The summed E-state index contributed by atoms with van der Waals surface area (Å²) in [7, 11) is 1.74. The number of hydrogen-bond acceptors (Lipinski definition) is 7. The monoisotopic (exact) mass is 378 g/mol. The van der Waals surface area contributed by atoms with Gasteiger partial charge in [0.1, 0.15) is 0 Å². The number of nitrogens with zero attached hydrogens (tertiary/aromatic N) is 5. The molecular weight excluding hydrogens is 364 g/mol. The summed E-state index contributed by atoms with van der Waals surface area (Å²) in [4.78, 5) is 27.8. The van der Waals surface area contributed by atoms with E-state index < -0.39 is 10.8 Å². The second-order valence-electron chi connectivity index (χ2n) is 6.14. The van der Waals surface area contributed by atoms with Crippen LogP contribution in [0.5, 0.6) is 0 Å². The number of carbonyl (C=O) groups is 1. The number of non-ortho nitro benzene ring substituents is 1. The number of anilines is 1. The third-order valence-electron chi connectivity index (χ3n) is 4.17.